The van der Waals surface area contributed by atoms with Crippen LogP contribution in [0, 0.1) is 0 Å². The maximum absolute atomic E-state index is 4.73. The number of guanidine groups is 1. The van der Waals surface area contributed by atoms with Crippen LogP contribution in [0.15, 0.2) is 72.4 Å². The van der Waals surface area contributed by atoms with Crippen molar-refractivity contribution in [3.05, 3.63) is 78.6 Å². The van der Waals surface area contributed by atoms with Crippen molar-refractivity contribution < 1.29 is 0 Å². The van der Waals surface area contributed by atoms with Crippen molar-refractivity contribution in [3.63, 3.8) is 0 Å². The third kappa shape index (κ3) is 6.35. The zero-order valence-corrected chi connectivity index (χ0v) is 17.7. The maximum Gasteiger partial charge on any atom is 0.191 e. The number of hydrogen-bond acceptors (Lipinski definition) is 3. The van der Waals surface area contributed by atoms with Gasteiger partial charge in [-0.2, -0.15) is 0 Å². The standard InChI is InChI=1S/C20H24N6.HI/c1-2-22-20(24-12-10-18-8-5-6-11-23-18)25-15-17-7-3-4-9-19(17)26-14-13-21-16-26;/h3-9,11,13-14,16H,2,10,12,15H2,1H3,(H2,22,24,25);1H. The van der Waals surface area contributed by atoms with Crippen molar-refractivity contribution in [2.24, 2.45) is 4.99 Å². The van der Waals surface area contributed by atoms with E-state index in [1.54, 1.807) is 12.5 Å². The molecule has 0 bridgehead atoms. The van der Waals surface area contributed by atoms with Crippen LogP contribution in [0.4, 0.5) is 0 Å². The summed E-state index contributed by atoms with van der Waals surface area (Å²) in [5.41, 5.74) is 3.31. The second-order valence-electron chi connectivity index (χ2n) is 5.79. The van der Waals surface area contributed by atoms with E-state index in [4.69, 9.17) is 4.99 Å². The number of rotatable bonds is 7. The van der Waals surface area contributed by atoms with Crippen LogP contribution in [-0.4, -0.2) is 33.6 Å². The number of aliphatic imine (C=N–C) groups is 1. The summed E-state index contributed by atoms with van der Waals surface area (Å²) in [5.74, 6) is 0.809. The van der Waals surface area contributed by atoms with Crippen LogP contribution in [-0.2, 0) is 13.0 Å². The Kier molecular flexibility index (Phi) is 8.76. The number of hydrogen-bond donors (Lipinski definition) is 2. The number of benzene rings is 1. The highest BCUT2D eigenvalue weighted by Gasteiger charge is 2.04. The lowest BCUT2D eigenvalue weighted by atomic mass is 10.2. The molecular weight excluding hydrogens is 451 g/mol. The van der Waals surface area contributed by atoms with Crippen LogP contribution < -0.4 is 10.6 Å². The molecule has 1 aromatic carbocycles. The van der Waals surface area contributed by atoms with Gasteiger partial charge in [-0.1, -0.05) is 24.3 Å². The van der Waals surface area contributed by atoms with E-state index in [9.17, 15) is 0 Å². The lowest BCUT2D eigenvalue weighted by Crippen LogP contribution is -2.38. The first-order valence-electron chi connectivity index (χ1n) is 8.85. The Morgan fingerprint density at radius 2 is 1.93 bits per heavy atom. The topological polar surface area (TPSA) is 67.1 Å². The van der Waals surface area contributed by atoms with Crippen LogP contribution >= 0.6 is 24.0 Å². The Balaban J connectivity index is 0.00000261. The molecule has 2 heterocycles. The molecule has 0 aliphatic heterocycles. The molecule has 0 fully saturated rings. The highest BCUT2D eigenvalue weighted by atomic mass is 127. The molecular formula is C20H25IN6. The van der Waals surface area contributed by atoms with E-state index >= 15 is 0 Å². The fourth-order valence-electron chi connectivity index (χ4n) is 2.66. The fraction of sp³-hybridized carbons (Fsp3) is 0.250. The summed E-state index contributed by atoms with van der Waals surface area (Å²) in [6.45, 7) is 4.26. The van der Waals surface area contributed by atoms with Crippen LogP contribution in [0.1, 0.15) is 18.2 Å². The zero-order chi connectivity index (χ0) is 18.0. The SMILES string of the molecule is CCNC(=NCc1ccccc1-n1ccnc1)NCCc1ccccn1.I. The first-order valence-corrected chi connectivity index (χ1v) is 8.85. The molecule has 0 atom stereocenters. The van der Waals surface area contributed by atoms with E-state index in [2.05, 4.69) is 39.7 Å². The summed E-state index contributed by atoms with van der Waals surface area (Å²) in [4.78, 5) is 13.2. The van der Waals surface area contributed by atoms with Gasteiger partial charge in [0.1, 0.15) is 0 Å². The van der Waals surface area contributed by atoms with E-state index in [0.717, 1.165) is 42.4 Å². The van der Waals surface area contributed by atoms with Crippen molar-refractivity contribution >= 4 is 29.9 Å². The summed E-state index contributed by atoms with van der Waals surface area (Å²) >= 11 is 0. The molecule has 0 radical (unpaired) electrons. The normalized spacial score (nSPS) is 10.9. The summed E-state index contributed by atoms with van der Waals surface area (Å²) in [6, 6.07) is 14.2. The number of nitrogens with one attached hydrogen (secondary N) is 2. The van der Waals surface area contributed by atoms with E-state index in [0.29, 0.717) is 6.54 Å². The molecule has 7 heteroatoms. The summed E-state index contributed by atoms with van der Waals surface area (Å²) < 4.78 is 2.01. The first-order chi connectivity index (χ1) is 12.9. The molecule has 27 heavy (non-hydrogen) atoms. The third-order valence-electron chi connectivity index (χ3n) is 3.93. The van der Waals surface area contributed by atoms with E-state index in [1.807, 2.05) is 47.3 Å². The van der Waals surface area contributed by atoms with Crippen molar-refractivity contribution in [2.75, 3.05) is 13.1 Å². The molecule has 0 spiro atoms. The molecule has 0 saturated heterocycles. The molecule has 0 aliphatic rings. The van der Waals surface area contributed by atoms with Crippen LogP contribution in [0.3, 0.4) is 0 Å². The lowest BCUT2D eigenvalue weighted by Gasteiger charge is -2.12. The minimum Gasteiger partial charge on any atom is -0.357 e. The zero-order valence-electron chi connectivity index (χ0n) is 15.4. The van der Waals surface area contributed by atoms with Gasteiger partial charge in [0.05, 0.1) is 18.6 Å². The Morgan fingerprint density at radius 1 is 1.07 bits per heavy atom. The number of pyridine rings is 1. The van der Waals surface area contributed by atoms with Gasteiger partial charge in [0.25, 0.3) is 0 Å². The van der Waals surface area contributed by atoms with Crippen LogP contribution in [0.25, 0.3) is 5.69 Å². The highest BCUT2D eigenvalue weighted by molar-refractivity contribution is 14.0. The van der Waals surface area contributed by atoms with Gasteiger partial charge in [-0.15, -0.1) is 24.0 Å². The van der Waals surface area contributed by atoms with Crippen molar-refractivity contribution in [1.82, 2.24) is 25.2 Å². The van der Waals surface area contributed by atoms with Crippen LogP contribution in [0.5, 0.6) is 0 Å². The molecule has 0 aliphatic carbocycles. The smallest absolute Gasteiger partial charge is 0.191 e. The van der Waals surface area contributed by atoms with Crippen molar-refractivity contribution in [2.45, 2.75) is 19.9 Å². The molecule has 0 unspecified atom stereocenters. The van der Waals surface area contributed by atoms with Gasteiger partial charge >= 0.3 is 0 Å². The van der Waals surface area contributed by atoms with Gasteiger partial charge in [-0.3, -0.25) is 4.98 Å². The second kappa shape index (κ2) is 11.3. The predicted octanol–water partition coefficient (Wildman–Crippen LogP) is 3.18. The number of para-hydroxylation sites is 1. The third-order valence-corrected chi connectivity index (χ3v) is 3.93. The molecule has 2 aromatic heterocycles. The lowest BCUT2D eigenvalue weighted by molar-refractivity contribution is 0.787. The predicted molar refractivity (Wildman–Crippen MR) is 120 cm³/mol. The number of aromatic nitrogens is 3. The largest absolute Gasteiger partial charge is 0.357 e. The van der Waals surface area contributed by atoms with Crippen LogP contribution in [0.2, 0.25) is 0 Å². The molecule has 142 valence electrons. The monoisotopic (exact) mass is 476 g/mol. The van der Waals surface area contributed by atoms with Gasteiger partial charge in [0.2, 0.25) is 0 Å². The van der Waals surface area contributed by atoms with Crippen molar-refractivity contribution in [3.8, 4) is 5.69 Å². The molecule has 3 rings (SSSR count). The Morgan fingerprint density at radius 3 is 2.67 bits per heavy atom. The first kappa shape index (κ1) is 20.9. The number of nitrogens with zero attached hydrogens (tertiary/aromatic N) is 4. The Labute approximate surface area is 177 Å². The number of halogens is 1. The summed E-state index contributed by atoms with van der Waals surface area (Å²) in [7, 11) is 0. The fourth-order valence-corrected chi connectivity index (χ4v) is 2.66. The molecule has 3 aromatic rings. The quantitative estimate of drug-likeness (QED) is 0.312. The summed E-state index contributed by atoms with van der Waals surface area (Å²) in [5, 5.41) is 6.67. The van der Waals surface area contributed by atoms with Gasteiger partial charge in [0.15, 0.2) is 5.96 Å². The van der Waals surface area contributed by atoms with Gasteiger partial charge < -0.3 is 15.2 Å². The minimum atomic E-state index is 0. The minimum absolute atomic E-state index is 0. The molecule has 0 saturated carbocycles. The average molecular weight is 476 g/mol. The van der Waals surface area contributed by atoms with E-state index < -0.39 is 0 Å². The maximum atomic E-state index is 4.73. The molecule has 6 nitrogen and oxygen atoms in total. The second-order valence-corrected chi connectivity index (χ2v) is 5.79. The molecule has 2 N–H and O–H groups in total. The highest BCUT2D eigenvalue weighted by Crippen LogP contribution is 2.14. The Bertz CT molecular complexity index is 818. The summed E-state index contributed by atoms with van der Waals surface area (Å²) in [6.07, 6.45) is 8.21. The van der Waals surface area contributed by atoms with Gasteiger partial charge in [-0.25, -0.2) is 9.98 Å². The Hall–Kier alpha value is -2.42. The van der Waals surface area contributed by atoms with Gasteiger partial charge in [-0.05, 0) is 30.7 Å². The van der Waals surface area contributed by atoms with E-state index in [1.165, 1.54) is 0 Å². The van der Waals surface area contributed by atoms with Gasteiger partial charge in [0, 0.05) is 43.8 Å². The van der Waals surface area contributed by atoms with E-state index in [-0.39, 0.29) is 24.0 Å². The number of imidazole rings is 1. The van der Waals surface area contributed by atoms with Crippen molar-refractivity contribution in [1.29, 1.82) is 0 Å². The molecule has 0 amide bonds. The average Bonchev–Trinajstić information content (AvgIpc) is 3.22.